The Balaban J connectivity index is 1.36. The molecule has 3 aliphatic rings. The lowest BCUT2D eigenvalue weighted by atomic mass is 10.1. The van der Waals surface area contributed by atoms with Crippen molar-refractivity contribution in [2.45, 2.75) is 77.0 Å². The van der Waals surface area contributed by atoms with Gasteiger partial charge < -0.3 is 15.5 Å². The van der Waals surface area contributed by atoms with Crippen LogP contribution in [0.1, 0.15) is 63.0 Å². The minimum Gasteiger partial charge on any atom is -0.357 e. The van der Waals surface area contributed by atoms with E-state index < -0.39 is 0 Å². The summed E-state index contributed by atoms with van der Waals surface area (Å²) in [5.41, 5.74) is 2.41. The summed E-state index contributed by atoms with van der Waals surface area (Å²) in [6, 6.07) is 9.67. The number of hydrogen-bond acceptors (Lipinski definition) is 3. The maximum Gasteiger partial charge on any atom is 0.222 e. The van der Waals surface area contributed by atoms with Crippen LogP contribution in [0.5, 0.6) is 0 Å². The van der Waals surface area contributed by atoms with E-state index in [1.54, 1.807) is 0 Å². The van der Waals surface area contributed by atoms with E-state index in [0.717, 1.165) is 38.1 Å². The highest BCUT2D eigenvalue weighted by atomic mass is 16.2. The summed E-state index contributed by atoms with van der Waals surface area (Å²) in [4.78, 5) is 21.6. The van der Waals surface area contributed by atoms with Crippen molar-refractivity contribution in [1.82, 2.24) is 20.4 Å². The molecule has 30 heavy (non-hydrogen) atoms. The molecule has 6 nitrogen and oxygen atoms in total. The van der Waals surface area contributed by atoms with Crippen LogP contribution in [0.4, 0.5) is 0 Å². The van der Waals surface area contributed by atoms with Crippen molar-refractivity contribution in [3.63, 3.8) is 0 Å². The van der Waals surface area contributed by atoms with Gasteiger partial charge in [0.15, 0.2) is 5.96 Å². The number of aliphatic imine (C=N–C) groups is 1. The molecule has 3 fully saturated rings. The van der Waals surface area contributed by atoms with Gasteiger partial charge in [-0.1, -0.05) is 37.1 Å². The molecule has 1 aromatic rings. The summed E-state index contributed by atoms with van der Waals surface area (Å²) in [7, 11) is 0. The Morgan fingerprint density at radius 3 is 2.63 bits per heavy atom. The first kappa shape index (κ1) is 21.2. The number of likely N-dealkylation sites (tertiary alicyclic amines) is 2. The van der Waals surface area contributed by atoms with Crippen molar-refractivity contribution in [2.75, 3.05) is 26.2 Å². The van der Waals surface area contributed by atoms with Crippen molar-refractivity contribution in [1.29, 1.82) is 0 Å². The number of nitrogens with zero attached hydrogens (tertiary/aromatic N) is 3. The molecule has 1 saturated carbocycles. The monoisotopic (exact) mass is 411 g/mol. The fourth-order valence-corrected chi connectivity index (χ4v) is 5.13. The summed E-state index contributed by atoms with van der Waals surface area (Å²) in [6.07, 6.45) is 8.39. The third kappa shape index (κ3) is 5.34. The second-order valence-corrected chi connectivity index (χ2v) is 8.95. The van der Waals surface area contributed by atoms with E-state index >= 15 is 0 Å². The molecular formula is C24H37N5O. The van der Waals surface area contributed by atoms with E-state index in [9.17, 15) is 4.79 Å². The number of nitrogens with one attached hydrogen (secondary N) is 2. The fourth-order valence-electron chi connectivity index (χ4n) is 5.13. The van der Waals surface area contributed by atoms with Crippen molar-refractivity contribution in [3.05, 3.63) is 35.4 Å². The van der Waals surface area contributed by atoms with Crippen LogP contribution < -0.4 is 10.6 Å². The summed E-state index contributed by atoms with van der Waals surface area (Å²) in [6.45, 7) is 7.51. The van der Waals surface area contributed by atoms with Gasteiger partial charge in [0, 0.05) is 51.2 Å². The zero-order valence-electron chi connectivity index (χ0n) is 18.4. The molecule has 1 aliphatic carbocycles. The molecule has 2 saturated heterocycles. The van der Waals surface area contributed by atoms with Gasteiger partial charge in [0.25, 0.3) is 0 Å². The average Bonchev–Trinajstić information content (AvgIpc) is 3.50. The molecule has 2 N–H and O–H groups in total. The van der Waals surface area contributed by atoms with Crippen molar-refractivity contribution < 1.29 is 4.79 Å². The molecule has 6 heteroatoms. The largest absolute Gasteiger partial charge is 0.357 e. The van der Waals surface area contributed by atoms with Crippen LogP contribution in [0.25, 0.3) is 0 Å². The highest BCUT2D eigenvalue weighted by Gasteiger charge is 2.30. The van der Waals surface area contributed by atoms with Crippen molar-refractivity contribution in [2.24, 2.45) is 4.99 Å². The zero-order valence-corrected chi connectivity index (χ0v) is 18.4. The molecule has 1 aromatic carbocycles. The van der Waals surface area contributed by atoms with Gasteiger partial charge in [-0.2, -0.15) is 0 Å². The van der Waals surface area contributed by atoms with E-state index in [-0.39, 0.29) is 5.91 Å². The lowest BCUT2D eigenvalue weighted by Crippen LogP contribution is -2.45. The van der Waals surface area contributed by atoms with E-state index in [0.29, 0.717) is 25.6 Å². The van der Waals surface area contributed by atoms with Gasteiger partial charge in [-0.25, -0.2) is 4.99 Å². The number of carbonyl (C=O) groups is 1. The van der Waals surface area contributed by atoms with Crippen molar-refractivity contribution >= 4 is 11.9 Å². The topological polar surface area (TPSA) is 60.0 Å². The Morgan fingerprint density at radius 1 is 1.10 bits per heavy atom. The molecule has 1 amide bonds. The summed E-state index contributed by atoms with van der Waals surface area (Å²) < 4.78 is 0. The molecule has 164 valence electrons. The Morgan fingerprint density at radius 2 is 1.90 bits per heavy atom. The number of rotatable bonds is 7. The smallest absolute Gasteiger partial charge is 0.222 e. The second-order valence-electron chi connectivity index (χ2n) is 8.95. The highest BCUT2D eigenvalue weighted by Crippen LogP contribution is 2.26. The predicted octanol–water partition coefficient (Wildman–Crippen LogP) is 2.88. The number of guanidine groups is 1. The van der Waals surface area contributed by atoms with Crippen LogP contribution >= 0.6 is 0 Å². The predicted molar refractivity (Wildman–Crippen MR) is 121 cm³/mol. The van der Waals surface area contributed by atoms with Crippen LogP contribution in [0.3, 0.4) is 0 Å². The molecule has 0 spiro atoms. The average molecular weight is 412 g/mol. The first-order valence-corrected chi connectivity index (χ1v) is 11.9. The van der Waals surface area contributed by atoms with Crippen molar-refractivity contribution in [3.8, 4) is 0 Å². The molecule has 2 heterocycles. The summed E-state index contributed by atoms with van der Waals surface area (Å²) in [5.74, 6) is 1.18. The van der Waals surface area contributed by atoms with Gasteiger partial charge in [0.05, 0.1) is 6.54 Å². The van der Waals surface area contributed by atoms with E-state index in [2.05, 4.69) is 46.7 Å². The van der Waals surface area contributed by atoms with Crippen LogP contribution in [-0.4, -0.2) is 59.9 Å². The number of benzene rings is 1. The van der Waals surface area contributed by atoms with Crippen LogP contribution in [-0.2, 0) is 17.9 Å². The third-order valence-electron chi connectivity index (χ3n) is 6.80. The van der Waals surface area contributed by atoms with Gasteiger partial charge in [-0.15, -0.1) is 0 Å². The number of amides is 1. The first-order valence-electron chi connectivity index (χ1n) is 11.9. The molecule has 1 unspecified atom stereocenters. The fraction of sp³-hybridized carbons (Fsp3) is 0.667. The Kier molecular flexibility index (Phi) is 7.26. The van der Waals surface area contributed by atoms with Gasteiger partial charge in [0.2, 0.25) is 5.91 Å². The minimum atomic E-state index is 0.274. The standard InChI is InChI=1S/C24H37N5O/c1-2-25-24(27-21-13-15-28(18-21)22-10-5-6-11-22)26-16-19-8-3-4-9-20(19)17-29-14-7-12-23(29)30/h3-4,8-9,21-22H,2,5-7,10-18H2,1H3,(H2,25,26,27). The quantitative estimate of drug-likeness (QED) is 0.535. The molecule has 2 aliphatic heterocycles. The van der Waals surface area contributed by atoms with E-state index in [1.165, 1.54) is 49.8 Å². The van der Waals surface area contributed by atoms with Crippen LogP contribution in [0, 0.1) is 0 Å². The lowest BCUT2D eigenvalue weighted by Gasteiger charge is -2.24. The van der Waals surface area contributed by atoms with Crippen LogP contribution in [0.2, 0.25) is 0 Å². The lowest BCUT2D eigenvalue weighted by molar-refractivity contribution is -0.128. The molecule has 1 atom stereocenters. The van der Waals surface area contributed by atoms with E-state index in [4.69, 9.17) is 4.99 Å². The third-order valence-corrected chi connectivity index (χ3v) is 6.80. The Hall–Kier alpha value is -2.08. The molecule has 0 bridgehead atoms. The Bertz CT molecular complexity index is 743. The maximum absolute atomic E-state index is 12.0. The van der Waals surface area contributed by atoms with Gasteiger partial charge >= 0.3 is 0 Å². The SMILES string of the molecule is CCNC(=NCc1ccccc1CN1CCCC1=O)NC1CCN(C2CCCC2)C1. The number of carbonyl (C=O) groups excluding carboxylic acids is 1. The highest BCUT2D eigenvalue weighted by molar-refractivity contribution is 5.80. The Labute approximate surface area is 181 Å². The normalized spacial score (nSPS) is 23.5. The molecule has 4 rings (SSSR count). The van der Waals surface area contributed by atoms with E-state index in [1.807, 2.05) is 4.90 Å². The van der Waals surface area contributed by atoms with Gasteiger partial charge in [-0.05, 0) is 43.7 Å². The van der Waals surface area contributed by atoms with Crippen LogP contribution in [0.15, 0.2) is 29.3 Å². The summed E-state index contributed by atoms with van der Waals surface area (Å²) in [5, 5.41) is 7.09. The summed E-state index contributed by atoms with van der Waals surface area (Å²) >= 11 is 0. The molecule has 0 aromatic heterocycles. The zero-order chi connectivity index (χ0) is 20.8. The molecule has 0 radical (unpaired) electrons. The number of hydrogen-bond donors (Lipinski definition) is 2. The maximum atomic E-state index is 12.0. The van der Waals surface area contributed by atoms with Gasteiger partial charge in [0.1, 0.15) is 0 Å². The first-order chi connectivity index (χ1) is 14.7. The second kappa shape index (κ2) is 10.3. The molecular weight excluding hydrogens is 374 g/mol. The van der Waals surface area contributed by atoms with Gasteiger partial charge in [-0.3, -0.25) is 9.69 Å². The minimum absolute atomic E-state index is 0.274.